The van der Waals surface area contributed by atoms with Crippen LogP contribution in [0.15, 0.2) is 12.1 Å². The summed E-state index contributed by atoms with van der Waals surface area (Å²) in [5, 5.41) is 3.23. The van der Waals surface area contributed by atoms with E-state index in [1.165, 1.54) is 25.9 Å². The number of fused-ring (bicyclic) bond motifs is 2. The highest BCUT2D eigenvalue weighted by Crippen LogP contribution is 2.34. The van der Waals surface area contributed by atoms with Crippen molar-refractivity contribution in [2.24, 2.45) is 0 Å². The van der Waals surface area contributed by atoms with Gasteiger partial charge in [-0.05, 0) is 33.0 Å². The summed E-state index contributed by atoms with van der Waals surface area (Å²) in [4.78, 5) is 7.42. The lowest BCUT2D eigenvalue weighted by Gasteiger charge is -2.19. The number of likely N-dealkylation sites (N-methyl/N-ethyl adjacent to an activating group) is 1. The lowest BCUT2D eigenvalue weighted by molar-refractivity contribution is 0.172. The molecule has 0 unspecified atom stereocenters. The fourth-order valence-corrected chi connectivity index (χ4v) is 3.64. The number of ether oxygens (including phenoxy) is 2. The normalized spacial score (nSPS) is 17.7. The van der Waals surface area contributed by atoms with E-state index in [0.717, 1.165) is 54.4 Å². The zero-order valence-electron chi connectivity index (χ0n) is 14.4. The van der Waals surface area contributed by atoms with Crippen LogP contribution in [0, 0.1) is 0 Å². The molecule has 24 heavy (non-hydrogen) atoms. The first-order valence-electron chi connectivity index (χ1n) is 9.01. The van der Waals surface area contributed by atoms with Crippen molar-refractivity contribution >= 4 is 11.0 Å². The van der Waals surface area contributed by atoms with Crippen LogP contribution in [0.3, 0.4) is 0 Å². The second kappa shape index (κ2) is 6.99. The summed E-state index contributed by atoms with van der Waals surface area (Å²) in [7, 11) is 1.98. The summed E-state index contributed by atoms with van der Waals surface area (Å²) >= 11 is 0. The summed E-state index contributed by atoms with van der Waals surface area (Å²) in [5.74, 6) is 2.80. The van der Waals surface area contributed by atoms with E-state index in [9.17, 15) is 0 Å². The number of hydrogen-bond donors (Lipinski definition) is 1. The minimum Gasteiger partial charge on any atom is -0.486 e. The van der Waals surface area contributed by atoms with Gasteiger partial charge >= 0.3 is 0 Å². The molecule has 0 aliphatic carbocycles. The third-order valence-corrected chi connectivity index (χ3v) is 4.93. The highest BCUT2D eigenvalue weighted by Gasteiger charge is 2.19. The minimum atomic E-state index is 0.612. The number of aromatic nitrogens is 2. The van der Waals surface area contributed by atoms with Crippen molar-refractivity contribution in [1.82, 2.24) is 19.8 Å². The van der Waals surface area contributed by atoms with Gasteiger partial charge in [0.05, 0.1) is 11.0 Å². The van der Waals surface area contributed by atoms with Crippen LogP contribution in [-0.4, -0.2) is 60.9 Å². The molecule has 6 nitrogen and oxygen atoms in total. The minimum absolute atomic E-state index is 0.612. The van der Waals surface area contributed by atoms with E-state index in [1.807, 2.05) is 13.1 Å². The van der Waals surface area contributed by atoms with Gasteiger partial charge in [-0.25, -0.2) is 4.98 Å². The molecule has 130 valence electrons. The van der Waals surface area contributed by atoms with E-state index < -0.39 is 0 Å². The Hall–Kier alpha value is -1.79. The maximum absolute atomic E-state index is 5.77. The lowest BCUT2D eigenvalue weighted by atomic mass is 10.2. The number of nitrogens with zero attached hydrogens (tertiary/aromatic N) is 3. The molecular weight excluding hydrogens is 304 g/mol. The highest BCUT2D eigenvalue weighted by molar-refractivity contribution is 5.80. The Morgan fingerprint density at radius 3 is 2.58 bits per heavy atom. The molecule has 0 saturated carbocycles. The largest absolute Gasteiger partial charge is 0.486 e. The van der Waals surface area contributed by atoms with Crippen LogP contribution in [0.1, 0.15) is 18.7 Å². The SMILES string of the molecule is CNCCc1nc2cc3c(cc2n1CCN1CCCC1)OCCO3. The van der Waals surface area contributed by atoms with Gasteiger partial charge in [-0.3, -0.25) is 0 Å². The smallest absolute Gasteiger partial charge is 0.163 e. The summed E-state index contributed by atoms with van der Waals surface area (Å²) in [6, 6.07) is 4.13. The van der Waals surface area contributed by atoms with Crippen molar-refractivity contribution < 1.29 is 9.47 Å². The number of nitrogens with one attached hydrogen (secondary N) is 1. The average molecular weight is 330 g/mol. The molecule has 0 bridgehead atoms. The van der Waals surface area contributed by atoms with Crippen LogP contribution in [0.5, 0.6) is 11.5 Å². The van der Waals surface area contributed by atoms with Gasteiger partial charge in [0.25, 0.3) is 0 Å². The molecule has 0 amide bonds. The van der Waals surface area contributed by atoms with Crippen LogP contribution in [0.4, 0.5) is 0 Å². The molecule has 2 aliphatic heterocycles. The molecule has 0 atom stereocenters. The second-order valence-electron chi connectivity index (χ2n) is 6.57. The van der Waals surface area contributed by atoms with Crippen molar-refractivity contribution in [2.75, 3.05) is 46.4 Å². The van der Waals surface area contributed by atoms with Crippen LogP contribution in [-0.2, 0) is 13.0 Å². The monoisotopic (exact) mass is 330 g/mol. The molecule has 1 saturated heterocycles. The van der Waals surface area contributed by atoms with Crippen molar-refractivity contribution in [2.45, 2.75) is 25.8 Å². The predicted octanol–water partition coefficient (Wildman–Crippen LogP) is 1.67. The van der Waals surface area contributed by atoms with Gasteiger partial charge in [-0.1, -0.05) is 0 Å². The van der Waals surface area contributed by atoms with Crippen LogP contribution in [0.25, 0.3) is 11.0 Å². The molecule has 6 heteroatoms. The summed E-state index contributed by atoms with van der Waals surface area (Å²) < 4.78 is 13.8. The Morgan fingerprint density at radius 2 is 1.83 bits per heavy atom. The maximum atomic E-state index is 5.77. The molecule has 2 aliphatic rings. The zero-order valence-corrected chi connectivity index (χ0v) is 14.4. The van der Waals surface area contributed by atoms with E-state index in [0.29, 0.717) is 13.2 Å². The predicted molar refractivity (Wildman–Crippen MR) is 94.0 cm³/mol. The lowest BCUT2D eigenvalue weighted by Crippen LogP contribution is -2.25. The summed E-state index contributed by atoms with van der Waals surface area (Å²) in [6.07, 6.45) is 3.59. The number of hydrogen-bond acceptors (Lipinski definition) is 5. The van der Waals surface area contributed by atoms with Crippen molar-refractivity contribution in [3.63, 3.8) is 0 Å². The van der Waals surface area contributed by atoms with Crippen LogP contribution in [0.2, 0.25) is 0 Å². The van der Waals surface area contributed by atoms with Gasteiger partial charge in [0.1, 0.15) is 19.0 Å². The molecule has 4 rings (SSSR count). The van der Waals surface area contributed by atoms with Crippen LogP contribution >= 0.6 is 0 Å². The van der Waals surface area contributed by atoms with Crippen molar-refractivity contribution in [3.05, 3.63) is 18.0 Å². The number of likely N-dealkylation sites (tertiary alicyclic amines) is 1. The number of rotatable bonds is 6. The first-order valence-corrected chi connectivity index (χ1v) is 9.01. The summed E-state index contributed by atoms with van der Waals surface area (Å²) in [6.45, 7) is 6.69. The number of imidazole rings is 1. The molecule has 1 N–H and O–H groups in total. The fraction of sp³-hybridized carbons (Fsp3) is 0.611. The van der Waals surface area contributed by atoms with E-state index in [-0.39, 0.29) is 0 Å². The Kier molecular flexibility index (Phi) is 4.58. The highest BCUT2D eigenvalue weighted by atomic mass is 16.6. The van der Waals surface area contributed by atoms with Gasteiger partial charge in [0.2, 0.25) is 0 Å². The molecule has 0 radical (unpaired) electrons. The molecule has 1 aromatic heterocycles. The maximum Gasteiger partial charge on any atom is 0.163 e. The second-order valence-corrected chi connectivity index (χ2v) is 6.57. The Labute approximate surface area is 142 Å². The molecule has 3 heterocycles. The van der Waals surface area contributed by atoms with Gasteiger partial charge < -0.3 is 24.3 Å². The molecule has 1 fully saturated rings. The molecule has 2 aromatic rings. The molecule has 1 aromatic carbocycles. The van der Waals surface area contributed by atoms with E-state index in [4.69, 9.17) is 14.5 Å². The first-order chi connectivity index (χ1) is 11.8. The first kappa shape index (κ1) is 15.7. The average Bonchev–Trinajstić information content (AvgIpc) is 3.23. The van der Waals surface area contributed by atoms with Crippen molar-refractivity contribution in [3.8, 4) is 11.5 Å². The van der Waals surface area contributed by atoms with E-state index in [2.05, 4.69) is 20.9 Å². The van der Waals surface area contributed by atoms with Gasteiger partial charge in [0.15, 0.2) is 11.5 Å². The van der Waals surface area contributed by atoms with Crippen LogP contribution < -0.4 is 14.8 Å². The quantitative estimate of drug-likeness (QED) is 0.873. The molecule has 0 spiro atoms. The third kappa shape index (κ3) is 3.08. The van der Waals surface area contributed by atoms with Crippen molar-refractivity contribution in [1.29, 1.82) is 0 Å². The number of benzene rings is 1. The van der Waals surface area contributed by atoms with Gasteiger partial charge in [-0.2, -0.15) is 0 Å². The van der Waals surface area contributed by atoms with Gasteiger partial charge in [-0.15, -0.1) is 0 Å². The Balaban J connectivity index is 1.66. The zero-order chi connectivity index (χ0) is 16.4. The van der Waals surface area contributed by atoms with E-state index in [1.54, 1.807) is 0 Å². The standard InChI is InChI=1S/C18H26N4O2/c1-19-5-4-18-20-14-12-16-17(24-11-10-23-16)13-15(14)22(18)9-8-21-6-2-3-7-21/h12-13,19H,2-11H2,1H3. The Bertz CT molecular complexity index is 707. The fourth-order valence-electron chi connectivity index (χ4n) is 3.64. The summed E-state index contributed by atoms with van der Waals surface area (Å²) in [5.41, 5.74) is 2.16. The van der Waals surface area contributed by atoms with E-state index >= 15 is 0 Å². The topological polar surface area (TPSA) is 51.6 Å². The molecular formula is C18H26N4O2. The third-order valence-electron chi connectivity index (χ3n) is 4.93. The Morgan fingerprint density at radius 1 is 1.08 bits per heavy atom. The van der Waals surface area contributed by atoms with Gasteiger partial charge in [0, 0.05) is 38.2 Å².